The zero-order valence-corrected chi connectivity index (χ0v) is 15.9. The van der Waals surface area contributed by atoms with Crippen molar-refractivity contribution in [1.29, 1.82) is 0 Å². The van der Waals surface area contributed by atoms with Crippen molar-refractivity contribution < 1.29 is 14.3 Å². The second kappa shape index (κ2) is 7.69. The van der Waals surface area contributed by atoms with Crippen LogP contribution < -0.4 is 17.0 Å². The van der Waals surface area contributed by atoms with Gasteiger partial charge in [-0.15, -0.1) is 11.3 Å². The molecule has 8 nitrogen and oxygen atoms in total. The van der Waals surface area contributed by atoms with Crippen LogP contribution in [0.1, 0.15) is 43.8 Å². The lowest BCUT2D eigenvalue weighted by Crippen LogP contribution is -2.42. The lowest BCUT2D eigenvalue weighted by molar-refractivity contribution is 0.0479. The first-order valence-corrected chi connectivity index (χ1v) is 8.85. The lowest BCUT2D eigenvalue weighted by Gasteiger charge is -2.10. The van der Waals surface area contributed by atoms with Crippen molar-refractivity contribution in [3.63, 3.8) is 0 Å². The van der Waals surface area contributed by atoms with E-state index in [4.69, 9.17) is 10.5 Å². The summed E-state index contributed by atoms with van der Waals surface area (Å²) in [5.74, 6) is -1.64. The van der Waals surface area contributed by atoms with Gasteiger partial charge in [0.1, 0.15) is 16.3 Å². The maximum atomic E-state index is 12.3. The molecule has 0 bridgehead atoms. The average molecular weight is 379 g/mol. The van der Waals surface area contributed by atoms with Crippen molar-refractivity contribution in [2.45, 2.75) is 26.7 Å². The molecule has 0 aromatic carbocycles. The first-order valence-electron chi connectivity index (χ1n) is 8.04. The number of anilines is 1. The van der Waals surface area contributed by atoms with Gasteiger partial charge in [-0.3, -0.25) is 18.7 Å². The van der Waals surface area contributed by atoms with Gasteiger partial charge >= 0.3 is 11.7 Å². The molecule has 0 atom stereocenters. The van der Waals surface area contributed by atoms with Crippen molar-refractivity contribution in [3.05, 3.63) is 47.8 Å². The minimum absolute atomic E-state index is 0.253. The Morgan fingerprint density at radius 2 is 1.88 bits per heavy atom. The minimum Gasteiger partial charge on any atom is -0.453 e. The van der Waals surface area contributed by atoms with E-state index in [1.165, 1.54) is 25.4 Å². The quantitative estimate of drug-likeness (QED) is 0.592. The summed E-state index contributed by atoms with van der Waals surface area (Å²) in [6.07, 6.45) is 1.82. The van der Waals surface area contributed by atoms with Gasteiger partial charge in [0.05, 0.1) is 0 Å². The number of nitrogens with zero attached hydrogens (tertiary/aromatic N) is 2. The van der Waals surface area contributed by atoms with Gasteiger partial charge in [-0.05, 0) is 25.0 Å². The predicted octanol–water partition coefficient (Wildman–Crippen LogP) is 1.03. The predicted molar refractivity (Wildman–Crippen MR) is 99.0 cm³/mol. The smallest absolute Gasteiger partial charge is 0.348 e. The van der Waals surface area contributed by atoms with Crippen molar-refractivity contribution in [3.8, 4) is 0 Å². The molecule has 0 fully saturated rings. The van der Waals surface area contributed by atoms with Crippen LogP contribution in [-0.2, 0) is 25.3 Å². The van der Waals surface area contributed by atoms with E-state index >= 15 is 0 Å². The normalized spacial score (nSPS) is 10.8. The summed E-state index contributed by atoms with van der Waals surface area (Å²) in [5, 5.41) is 0. The van der Waals surface area contributed by atoms with Gasteiger partial charge in [0.15, 0.2) is 6.61 Å². The molecular weight excluding hydrogens is 358 g/mol. The van der Waals surface area contributed by atoms with Crippen molar-refractivity contribution in [1.82, 2.24) is 9.13 Å². The van der Waals surface area contributed by atoms with Gasteiger partial charge in [0.25, 0.3) is 5.56 Å². The number of hydrogen-bond donors (Lipinski definition) is 1. The number of nitrogens with two attached hydrogens (primary N) is 1. The van der Waals surface area contributed by atoms with Crippen LogP contribution in [0.25, 0.3) is 0 Å². The summed E-state index contributed by atoms with van der Waals surface area (Å²) in [6.45, 7) is 3.34. The summed E-state index contributed by atoms with van der Waals surface area (Å²) < 4.78 is 6.82. The van der Waals surface area contributed by atoms with Gasteiger partial charge in [-0.25, -0.2) is 9.59 Å². The molecule has 0 radical (unpaired) electrons. The fraction of sp³-hybridized carbons (Fsp3) is 0.412. The summed E-state index contributed by atoms with van der Waals surface area (Å²) >= 11 is 1.30. The second-order valence-corrected chi connectivity index (χ2v) is 7.16. The summed E-state index contributed by atoms with van der Waals surface area (Å²) in [5.41, 5.74) is 4.97. The van der Waals surface area contributed by atoms with Crippen LogP contribution >= 0.6 is 11.3 Å². The number of carbonyl (C=O) groups is 2. The summed E-state index contributed by atoms with van der Waals surface area (Å²) in [6, 6.07) is 1.76. The van der Waals surface area contributed by atoms with Crippen LogP contribution in [-0.4, -0.2) is 27.5 Å². The van der Waals surface area contributed by atoms with E-state index in [0.29, 0.717) is 4.88 Å². The highest BCUT2D eigenvalue weighted by Crippen LogP contribution is 2.23. The Balaban J connectivity index is 2.19. The Hall–Kier alpha value is -2.68. The maximum Gasteiger partial charge on any atom is 0.348 e. The summed E-state index contributed by atoms with van der Waals surface area (Å²) in [4.78, 5) is 49.9. The van der Waals surface area contributed by atoms with E-state index < -0.39 is 29.6 Å². The molecule has 2 rings (SSSR count). The zero-order chi connectivity index (χ0) is 19.6. The molecular formula is C17H21N3O5S. The monoisotopic (exact) mass is 379 g/mol. The molecule has 2 aromatic heterocycles. The first kappa shape index (κ1) is 19.6. The van der Waals surface area contributed by atoms with E-state index in [9.17, 15) is 19.2 Å². The molecule has 9 heteroatoms. The maximum absolute atomic E-state index is 12.3. The Morgan fingerprint density at radius 1 is 1.23 bits per heavy atom. The SMILES string of the molecule is CCCc1cc(C(=O)OCC(=O)c2c(N)n(C)c(=O)n(C)c2=O)sc1C. The third kappa shape index (κ3) is 3.62. The highest BCUT2D eigenvalue weighted by atomic mass is 32.1. The molecule has 2 N–H and O–H groups in total. The summed E-state index contributed by atoms with van der Waals surface area (Å²) in [7, 11) is 2.60. The molecule has 140 valence electrons. The van der Waals surface area contributed by atoms with E-state index in [2.05, 4.69) is 0 Å². The van der Waals surface area contributed by atoms with Crippen molar-refractivity contribution >= 4 is 28.9 Å². The van der Waals surface area contributed by atoms with Crippen LogP contribution in [0.5, 0.6) is 0 Å². The molecule has 2 heterocycles. The number of rotatable bonds is 6. The van der Waals surface area contributed by atoms with E-state index in [-0.39, 0.29) is 11.4 Å². The molecule has 0 aliphatic carbocycles. The van der Waals surface area contributed by atoms with E-state index in [1.807, 2.05) is 13.8 Å². The second-order valence-electron chi connectivity index (χ2n) is 5.91. The van der Waals surface area contributed by atoms with E-state index in [0.717, 1.165) is 32.4 Å². The van der Waals surface area contributed by atoms with Crippen LogP contribution in [0, 0.1) is 6.92 Å². The number of Topliss-reactive ketones (excluding diaryl/α,β-unsaturated/α-hetero) is 1. The molecule has 0 amide bonds. The van der Waals surface area contributed by atoms with Gasteiger partial charge in [0, 0.05) is 19.0 Å². The molecule has 0 saturated carbocycles. The standard InChI is InChI=1S/C17H21N3O5S/c1-5-6-10-7-12(26-9(10)2)16(23)25-8-11(21)13-14(18)19(3)17(24)20(4)15(13)22/h7H,5-6,8,18H2,1-4H3. The number of ether oxygens (including phenoxy) is 1. The Labute approximate surface area is 153 Å². The number of carbonyl (C=O) groups excluding carboxylic acids is 2. The number of esters is 1. The molecule has 0 aliphatic rings. The van der Waals surface area contributed by atoms with Crippen LogP contribution in [0.2, 0.25) is 0 Å². The third-order valence-corrected chi connectivity index (χ3v) is 5.14. The lowest BCUT2D eigenvalue weighted by atomic mass is 10.1. The number of thiophene rings is 1. The average Bonchev–Trinajstić information content (AvgIpc) is 2.97. The number of ketones is 1. The highest BCUT2D eigenvalue weighted by molar-refractivity contribution is 7.14. The largest absolute Gasteiger partial charge is 0.453 e. The van der Waals surface area contributed by atoms with Gasteiger partial charge < -0.3 is 10.5 Å². The molecule has 0 spiro atoms. The van der Waals surface area contributed by atoms with Crippen LogP contribution in [0.3, 0.4) is 0 Å². The van der Waals surface area contributed by atoms with Gasteiger partial charge in [0.2, 0.25) is 5.78 Å². The Kier molecular flexibility index (Phi) is 5.81. The molecule has 26 heavy (non-hydrogen) atoms. The fourth-order valence-corrected chi connectivity index (χ4v) is 3.50. The van der Waals surface area contributed by atoms with Gasteiger partial charge in [-0.2, -0.15) is 0 Å². The van der Waals surface area contributed by atoms with Gasteiger partial charge in [-0.1, -0.05) is 13.3 Å². The highest BCUT2D eigenvalue weighted by Gasteiger charge is 2.22. The molecule has 2 aromatic rings. The van der Waals surface area contributed by atoms with Crippen LogP contribution in [0.15, 0.2) is 15.7 Å². The molecule has 0 aliphatic heterocycles. The van der Waals surface area contributed by atoms with Crippen molar-refractivity contribution in [2.75, 3.05) is 12.3 Å². The van der Waals surface area contributed by atoms with Crippen molar-refractivity contribution in [2.24, 2.45) is 14.1 Å². The Bertz CT molecular complexity index is 984. The minimum atomic E-state index is -0.816. The first-order chi connectivity index (χ1) is 12.2. The molecule has 0 saturated heterocycles. The number of aromatic nitrogens is 2. The Morgan fingerprint density at radius 3 is 2.50 bits per heavy atom. The number of aryl methyl sites for hydroxylation is 2. The van der Waals surface area contributed by atoms with Crippen LogP contribution in [0.4, 0.5) is 5.82 Å². The number of nitrogen functional groups attached to an aromatic ring is 1. The third-order valence-electron chi connectivity index (χ3n) is 4.06. The molecule has 0 unspecified atom stereocenters. The van der Waals surface area contributed by atoms with E-state index in [1.54, 1.807) is 6.07 Å². The topological polar surface area (TPSA) is 113 Å². The number of hydrogen-bond acceptors (Lipinski definition) is 7. The fourth-order valence-electron chi connectivity index (χ4n) is 2.53. The zero-order valence-electron chi connectivity index (χ0n) is 15.1.